The maximum absolute atomic E-state index is 5.08. The maximum Gasteiger partial charge on any atom is 0.0587 e. The number of nitrogens with one attached hydrogen (secondary N) is 1. The summed E-state index contributed by atoms with van der Waals surface area (Å²) in [6.07, 6.45) is 2.49. The Morgan fingerprint density at radius 3 is 2.70 bits per heavy atom. The zero-order chi connectivity index (χ0) is 14.8. The molecule has 0 aliphatic carbocycles. The molecule has 0 aliphatic rings. The van der Waals surface area contributed by atoms with Crippen molar-refractivity contribution in [3.8, 4) is 0 Å². The molecule has 114 valence electrons. The van der Waals surface area contributed by atoms with E-state index in [1.165, 1.54) is 29.7 Å². The minimum absolute atomic E-state index is 0.758. The van der Waals surface area contributed by atoms with Gasteiger partial charge in [0.05, 0.1) is 6.61 Å². The quantitative estimate of drug-likeness (QED) is 0.664. The van der Waals surface area contributed by atoms with Crippen LogP contribution in [-0.2, 0) is 11.3 Å². The van der Waals surface area contributed by atoms with Crippen molar-refractivity contribution in [2.24, 2.45) is 0 Å². The van der Waals surface area contributed by atoms with Crippen molar-refractivity contribution in [1.82, 2.24) is 5.32 Å². The van der Waals surface area contributed by atoms with Crippen LogP contribution in [0.3, 0.4) is 0 Å². The zero-order valence-corrected chi connectivity index (χ0v) is 13.5. The molecule has 0 aliphatic heterocycles. The van der Waals surface area contributed by atoms with Crippen LogP contribution in [-0.4, -0.2) is 33.4 Å². The SMILES string of the molecule is CCCCN(CC)c1ccc(C)cc1CNCCOC. The molecule has 1 aromatic carbocycles. The van der Waals surface area contributed by atoms with Gasteiger partial charge in [0.1, 0.15) is 0 Å². The molecule has 0 radical (unpaired) electrons. The number of rotatable bonds is 10. The Morgan fingerprint density at radius 1 is 1.25 bits per heavy atom. The van der Waals surface area contributed by atoms with Crippen LogP contribution in [0.4, 0.5) is 5.69 Å². The zero-order valence-electron chi connectivity index (χ0n) is 13.5. The first-order chi connectivity index (χ1) is 9.72. The maximum atomic E-state index is 5.08. The van der Waals surface area contributed by atoms with Crippen LogP contribution in [0.25, 0.3) is 0 Å². The molecular formula is C17H30N2O. The van der Waals surface area contributed by atoms with Gasteiger partial charge in [0.2, 0.25) is 0 Å². The predicted molar refractivity (Wildman–Crippen MR) is 87.6 cm³/mol. The largest absolute Gasteiger partial charge is 0.383 e. The summed E-state index contributed by atoms with van der Waals surface area (Å²) in [5.41, 5.74) is 4.08. The second-order valence-corrected chi connectivity index (χ2v) is 5.23. The monoisotopic (exact) mass is 278 g/mol. The minimum Gasteiger partial charge on any atom is -0.383 e. The van der Waals surface area contributed by atoms with Crippen LogP contribution < -0.4 is 10.2 Å². The molecule has 20 heavy (non-hydrogen) atoms. The van der Waals surface area contributed by atoms with Crippen LogP contribution in [0.15, 0.2) is 18.2 Å². The number of hydrogen-bond acceptors (Lipinski definition) is 3. The Balaban J connectivity index is 2.76. The molecular weight excluding hydrogens is 248 g/mol. The standard InChI is InChI=1S/C17H30N2O/c1-5-7-11-19(6-2)17-9-8-15(3)13-16(17)14-18-10-12-20-4/h8-9,13,18H,5-7,10-12,14H2,1-4H3. The summed E-state index contributed by atoms with van der Waals surface area (Å²) in [5.74, 6) is 0. The molecule has 1 rings (SSSR count). The van der Waals surface area contributed by atoms with Gasteiger partial charge in [-0.3, -0.25) is 0 Å². The van der Waals surface area contributed by atoms with Gasteiger partial charge in [-0.2, -0.15) is 0 Å². The number of aryl methyl sites for hydroxylation is 1. The van der Waals surface area contributed by atoms with E-state index in [9.17, 15) is 0 Å². The second-order valence-electron chi connectivity index (χ2n) is 5.23. The van der Waals surface area contributed by atoms with Gasteiger partial charge in [0.25, 0.3) is 0 Å². The Kier molecular flexibility index (Phi) is 8.31. The van der Waals surface area contributed by atoms with Crippen molar-refractivity contribution >= 4 is 5.69 Å². The van der Waals surface area contributed by atoms with E-state index in [4.69, 9.17) is 4.74 Å². The summed E-state index contributed by atoms with van der Waals surface area (Å²) in [4.78, 5) is 2.48. The van der Waals surface area contributed by atoms with Crippen molar-refractivity contribution in [3.63, 3.8) is 0 Å². The molecule has 1 N–H and O–H groups in total. The molecule has 0 unspecified atom stereocenters. The molecule has 0 saturated heterocycles. The highest BCUT2D eigenvalue weighted by Gasteiger charge is 2.09. The fourth-order valence-electron chi connectivity index (χ4n) is 2.36. The third-order valence-corrected chi connectivity index (χ3v) is 3.54. The van der Waals surface area contributed by atoms with E-state index < -0.39 is 0 Å². The summed E-state index contributed by atoms with van der Waals surface area (Å²) < 4.78 is 5.08. The van der Waals surface area contributed by atoms with Gasteiger partial charge in [-0.15, -0.1) is 0 Å². The number of ether oxygens (including phenoxy) is 1. The molecule has 0 bridgehead atoms. The van der Waals surface area contributed by atoms with Crippen molar-refractivity contribution in [3.05, 3.63) is 29.3 Å². The van der Waals surface area contributed by atoms with Crippen LogP contribution in [0.1, 0.15) is 37.8 Å². The predicted octanol–water partition coefficient (Wildman–Crippen LogP) is 3.36. The smallest absolute Gasteiger partial charge is 0.0587 e. The highest BCUT2D eigenvalue weighted by Crippen LogP contribution is 2.22. The third kappa shape index (κ3) is 5.51. The van der Waals surface area contributed by atoms with E-state index in [0.717, 1.165) is 32.8 Å². The number of methoxy groups -OCH3 is 1. The first-order valence-corrected chi connectivity index (χ1v) is 7.77. The summed E-state index contributed by atoms with van der Waals surface area (Å²) >= 11 is 0. The van der Waals surface area contributed by atoms with Crippen molar-refractivity contribution in [1.29, 1.82) is 0 Å². The lowest BCUT2D eigenvalue weighted by molar-refractivity contribution is 0.199. The lowest BCUT2D eigenvalue weighted by Gasteiger charge is -2.26. The lowest BCUT2D eigenvalue weighted by Crippen LogP contribution is -2.27. The van der Waals surface area contributed by atoms with Crippen LogP contribution >= 0.6 is 0 Å². The van der Waals surface area contributed by atoms with Gasteiger partial charge < -0.3 is 15.0 Å². The van der Waals surface area contributed by atoms with Crippen molar-refractivity contribution in [2.75, 3.05) is 38.3 Å². The lowest BCUT2D eigenvalue weighted by atomic mass is 10.1. The number of unbranched alkanes of at least 4 members (excludes halogenated alkanes) is 1. The van der Waals surface area contributed by atoms with E-state index in [-0.39, 0.29) is 0 Å². The summed E-state index contributed by atoms with van der Waals surface area (Å²) in [6.45, 7) is 11.4. The molecule has 0 atom stereocenters. The van der Waals surface area contributed by atoms with Gasteiger partial charge in [-0.05, 0) is 31.9 Å². The van der Waals surface area contributed by atoms with Crippen LogP contribution in [0.2, 0.25) is 0 Å². The minimum atomic E-state index is 0.758. The van der Waals surface area contributed by atoms with Gasteiger partial charge in [-0.25, -0.2) is 0 Å². The third-order valence-electron chi connectivity index (χ3n) is 3.54. The topological polar surface area (TPSA) is 24.5 Å². The normalized spacial score (nSPS) is 10.8. The summed E-state index contributed by atoms with van der Waals surface area (Å²) in [7, 11) is 1.74. The molecule has 3 heteroatoms. The van der Waals surface area contributed by atoms with Gasteiger partial charge in [0, 0.05) is 39.0 Å². The Labute approximate surface area is 124 Å². The van der Waals surface area contributed by atoms with Crippen LogP contribution in [0.5, 0.6) is 0 Å². The van der Waals surface area contributed by atoms with E-state index in [0.29, 0.717) is 0 Å². The number of anilines is 1. The number of nitrogens with zero attached hydrogens (tertiary/aromatic N) is 1. The van der Waals surface area contributed by atoms with Gasteiger partial charge >= 0.3 is 0 Å². The highest BCUT2D eigenvalue weighted by molar-refractivity contribution is 5.55. The summed E-state index contributed by atoms with van der Waals surface area (Å²) in [6, 6.07) is 6.77. The van der Waals surface area contributed by atoms with Crippen molar-refractivity contribution < 1.29 is 4.74 Å². The number of hydrogen-bond donors (Lipinski definition) is 1. The van der Waals surface area contributed by atoms with E-state index >= 15 is 0 Å². The molecule has 0 amide bonds. The molecule has 0 spiro atoms. The molecule has 1 aromatic rings. The Hall–Kier alpha value is -1.06. The first-order valence-electron chi connectivity index (χ1n) is 7.77. The summed E-state index contributed by atoms with van der Waals surface area (Å²) in [5, 5.41) is 3.45. The molecule has 3 nitrogen and oxygen atoms in total. The molecule has 0 fully saturated rings. The molecule has 0 saturated carbocycles. The van der Waals surface area contributed by atoms with Gasteiger partial charge in [0.15, 0.2) is 0 Å². The molecule has 0 aromatic heterocycles. The average molecular weight is 278 g/mol. The number of benzene rings is 1. The Bertz CT molecular complexity index is 379. The molecule has 0 heterocycles. The van der Waals surface area contributed by atoms with E-state index in [1.54, 1.807) is 7.11 Å². The highest BCUT2D eigenvalue weighted by atomic mass is 16.5. The fourth-order valence-corrected chi connectivity index (χ4v) is 2.36. The van der Waals surface area contributed by atoms with E-state index in [2.05, 4.69) is 49.2 Å². The fraction of sp³-hybridized carbons (Fsp3) is 0.647. The van der Waals surface area contributed by atoms with E-state index in [1.807, 2.05) is 0 Å². The Morgan fingerprint density at radius 2 is 2.05 bits per heavy atom. The second kappa shape index (κ2) is 9.78. The first kappa shape index (κ1) is 17.0. The van der Waals surface area contributed by atoms with Gasteiger partial charge in [-0.1, -0.05) is 31.0 Å². The van der Waals surface area contributed by atoms with Crippen molar-refractivity contribution in [2.45, 2.75) is 40.2 Å². The van der Waals surface area contributed by atoms with Crippen LogP contribution in [0, 0.1) is 6.92 Å². The average Bonchev–Trinajstić information content (AvgIpc) is 2.46.